The first-order valence-corrected chi connectivity index (χ1v) is 8.79. The highest BCUT2D eigenvalue weighted by Crippen LogP contribution is 2.43. The van der Waals surface area contributed by atoms with Crippen LogP contribution in [0.25, 0.3) is 0 Å². The Morgan fingerprint density at radius 1 is 1.40 bits per heavy atom. The van der Waals surface area contributed by atoms with E-state index in [4.69, 9.17) is 23.2 Å². The lowest BCUT2D eigenvalue weighted by Gasteiger charge is -2.33. The molecule has 0 spiro atoms. The van der Waals surface area contributed by atoms with E-state index in [1.54, 1.807) is 17.8 Å². The molecule has 1 atom stereocenters. The Bertz CT molecular complexity index is 453. The number of halogens is 2. The van der Waals surface area contributed by atoms with Gasteiger partial charge >= 0.3 is 0 Å². The van der Waals surface area contributed by atoms with E-state index in [0.717, 1.165) is 28.6 Å². The minimum atomic E-state index is -0.188. The zero-order chi connectivity index (χ0) is 14.6. The number of thioether (sulfide) groups is 1. The average molecular weight is 334 g/mol. The normalized spacial score (nSPS) is 18.0. The maximum absolute atomic E-state index is 9.88. The molecule has 5 heteroatoms. The van der Waals surface area contributed by atoms with E-state index in [0.29, 0.717) is 10.9 Å². The first kappa shape index (κ1) is 16.4. The monoisotopic (exact) mass is 333 g/mol. The van der Waals surface area contributed by atoms with Gasteiger partial charge in [-0.05, 0) is 49.9 Å². The fourth-order valence-electron chi connectivity index (χ4n) is 2.35. The van der Waals surface area contributed by atoms with Gasteiger partial charge in [-0.2, -0.15) is 0 Å². The molecule has 2 N–H and O–H groups in total. The molecular weight excluding hydrogens is 313 g/mol. The number of rotatable bonds is 8. The summed E-state index contributed by atoms with van der Waals surface area (Å²) in [5, 5.41) is 14.8. The van der Waals surface area contributed by atoms with Crippen molar-refractivity contribution in [3.63, 3.8) is 0 Å². The van der Waals surface area contributed by atoms with Crippen molar-refractivity contribution < 1.29 is 5.11 Å². The van der Waals surface area contributed by atoms with Crippen molar-refractivity contribution in [1.29, 1.82) is 0 Å². The van der Waals surface area contributed by atoms with Crippen molar-refractivity contribution >= 4 is 35.0 Å². The molecule has 0 heterocycles. The first-order chi connectivity index (χ1) is 9.61. The zero-order valence-electron chi connectivity index (χ0n) is 11.7. The van der Waals surface area contributed by atoms with Crippen LogP contribution in [0, 0.1) is 5.92 Å². The van der Waals surface area contributed by atoms with Crippen LogP contribution < -0.4 is 5.32 Å². The van der Waals surface area contributed by atoms with Crippen LogP contribution in [0.1, 0.15) is 26.2 Å². The molecule has 1 aliphatic rings. The van der Waals surface area contributed by atoms with Crippen LogP contribution in [0.4, 0.5) is 0 Å². The second-order valence-corrected chi connectivity index (χ2v) is 7.24. The summed E-state index contributed by atoms with van der Waals surface area (Å²) in [5.74, 6) is 1.39. The smallest absolute Gasteiger partial charge is 0.0624 e. The van der Waals surface area contributed by atoms with Gasteiger partial charge in [0.15, 0.2) is 0 Å². The van der Waals surface area contributed by atoms with Crippen molar-refractivity contribution in [3.05, 3.63) is 28.2 Å². The van der Waals surface area contributed by atoms with E-state index in [-0.39, 0.29) is 12.1 Å². The molecule has 1 aromatic rings. The molecule has 0 bridgehead atoms. The van der Waals surface area contributed by atoms with E-state index >= 15 is 0 Å². The molecule has 0 radical (unpaired) electrons. The molecular formula is C15H21Cl2NOS. The van der Waals surface area contributed by atoms with Gasteiger partial charge in [0.05, 0.1) is 17.2 Å². The lowest BCUT2D eigenvalue weighted by atomic mass is 9.96. The standard InChI is InChI=1S/C15H21Cl2NOS/c1-2-7-18-15(9-19,11-3-4-11)10-20-14-8-12(16)5-6-13(14)17/h5-6,8,11,18-19H,2-4,7,9-10H2,1H3. The van der Waals surface area contributed by atoms with Crippen molar-refractivity contribution in [2.45, 2.75) is 36.6 Å². The Morgan fingerprint density at radius 3 is 2.75 bits per heavy atom. The van der Waals surface area contributed by atoms with Crippen LogP contribution in [-0.4, -0.2) is 29.5 Å². The third kappa shape index (κ3) is 4.05. The van der Waals surface area contributed by atoms with Gasteiger partial charge in [0, 0.05) is 15.7 Å². The van der Waals surface area contributed by atoms with E-state index in [2.05, 4.69) is 12.2 Å². The zero-order valence-corrected chi connectivity index (χ0v) is 14.0. The van der Waals surface area contributed by atoms with E-state index in [9.17, 15) is 5.11 Å². The van der Waals surface area contributed by atoms with Gasteiger partial charge in [-0.3, -0.25) is 0 Å². The van der Waals surface area contributed by atoms with Gasteiger partial charge in [0.1, 0.15) is 0 Å². The largest absolute Gasteiger partial charge is 0.394 e. The van der Waals surface area contributed by atoms with Crippen molar-refractivity contribution in [1.82, 2.24) is 5.32 Å². The summed E-state index contributed by atoms with van der Waals surface area (Å²) in [6.07, 6.45) is 3.46. The van der Waals surface area contributed by atoms with E-state index in [1.165, 1.54) is 12.8 Å². The lowest BCUT2D eigenvalue weighted by Crippen LogP contribution is -2.53. The highest BCUT2D eigenvalue weighted by Gasteiger charge is 2.44. The highest BCUT2D eigenvalue weighted by atomic mass is 35.5. The summed E-state index contributed by atoms with van der Waals surface area (Å²) in [4.78, 5) is 0.982. The number of nitrogens with one attached hydrogen (secondary N) is 1. The van der Waals surface area contributed by atoms with Gasteiger partial charge in [-0.1, -0.05) is 30.1 Å². The Balaban J connectivity index is 2.06. The molecule has 1 saturated carbocycles. The number of aliphatic hydroxyl groups excluding tert-OH is 1. The van der Waals surface area contributed by atoms with E-state index in [1.807, 2.05) is 12.1 Å². The third-order valence-corrected chi connectivity index (χ3v) is 5.73. The van der Waals surface area contributed by atoms with Crippen LogP contribution in [0.2, 0.25) is 10.0 Å². The summed E-state index contributed by atoms with van der Waals surface area (Å²) >= 11 is 13.9. The Hall–Kier alpha value is 0.0700. The summed E-state index contributed by atoms with van der Waals surface area (Å²) in [7, 11) is 0. The van der Waals surface area contributed by atoms with Crippen LogP contribution in [0.3, 0.4) is 0 Å². The number of hydrogen-bond acceptors (Lipinski definition) is 3. The fourth-order valence-corrected chi connectivity index (χ4v) is 4.12. The highest BCUT2D eigenvalue weighted by molar-refractivity contribution is 7.99. The summed E-state index contributed by atoms with van der Waals surface area (Å²) in [6.45, 7) is 3.24. The van der Waals surface area contributed by atoms with Crippen LogP contribution in [0.15, 0.2) is 23.1 Å². The maximum Gasteiger partial charge on any atom is 0.0624 e. The minimum absolute atomic E-state index is 0.169. The summed E-state index contributed by atoms with van der Waals surface area (Å²) < 4.78 is 0. The van der Waals surface area contributed by atoms with Gasteiger partial charge in [-0.15, -0.1) is 11.8 Å². The Morgan fingerprint density at radius 2 is 2.15 bits per heavy atom. The minimum Gasteiger partial charge on any atom is -0.394 e. The molecule has 0 aliphatic heterocycles. The van der Waals surface area contributed by atoms with Gasteiger partial charge in [0.25, 0.3) is 0 Å². The summed E-state index contributed by atoms with van der Waals surface area (Å²) in [6, 6.07) is 5.51. The Kier molecular flexibility index (Phi) is 6.06. The van der Waals surface area contributed by atoms with Gasteiger partial charge in [0.2, 0.25) is 0 Å². The summed E-state index contributed by atoms with van der Waals surface area (Å²) in [5.41, 5.74) is -0.188. The van der Waals surface area contributed by atoms with Crippen LogP contribution in [-0.2, 0) is 0 Å². The van der Waals surface area contributed by atoms with E-state index < -0.39 is 0 Å². The topological polar surface area (TPSA) is 32.3 Å². The van der Waals surface area contributed by atoms with Gasteiger partial charge < -0.3 is 10.4 Å². The van der Waals surface area contributed by atoms with Crippen LogP contribution in [0.5, 0.6) is 0 Å². The number of aliphatic hydroxyl groups is 1. The molecule has 2 rings (SSSR count). The number of hydrogen-bond donors (Lipinski definition) is 2. The molecule has 1 aliphatic carbocycles. The fraction of sp³-hybridized carbons (Fsp3) is 0.600. The second-order valence-electron chi connectivity index (χ2n) is 5.38. The predicted octanol–water partition coefficient (Wildman–Crippen LogP) is 4.23. The molecule has 112 valence electrons. The van der Waals surface area contributed by atoms with Crippen molar-refractivity contribution in [2.24, 2.45) is 5.92 Å². The molecule has 1 aromatic carbocycles. The van der Waals surface area contributed by atoms with Crippen LogP contribution >= 0.6 is 35.0 Å². The SMILES string of the molecule is CCCNC(CO)(CSc1cc(Cl)ccc1Cl)C1CC1. The maximum atomic E-state index is 9.88. The lowest BCUT2D eigenvalue weighted by molar-refractivity contribution is 0.159. The number of benzene rings is 1. The molecule has 1 fully saturated rings. The van der Waals surface area contributed by atoms with Crippen molar-refractivity contribution in [2.75, 3.05) is 18.9 Å². The quantitative estimate of drug-likeness (QED) is 0.698. The molecule has 0 saturated heterocycles. The van der Waals surface area contributed by atoms with Gasteiger partial charge in [-0.25, -0.2) is 0 Å². The predicted molar refractivity (Wildman–Crippen MR) is 88.0 cm³/mol. The second kappa shape index (κ2) is 7.37. The first-order valence-electron chi connectivity index (χ1n) is 7.05. The third-order valence-electron chi connectivity index (χ3n) is 3.75. The van der Waals surface area contributed by atoms with Crippen molar-refractivity contribution in [3.8, 4) is 0 Å². The molecule has 2 nitrogen and oxygen atoms in total. The Labute approximate surface area is 135 Å². The molecule has 1 unspecified atom stereocenters. The molecule has 0 amide bonds. The molecule has 0 aromatic heterocycles. The average Bonchev–Trinajstić information content (AvgIpc) is 3.28. The molecule has 20 heavy (non-hydrogen) atoms.